The number of nitrogens with one attached hydrogen (secondary N) is 1. The van der Waals surface area contributed by atoms with E-state index in [0.717, 1.165) is 28.6 Å². The monoisotopic (exact) mass is 455 g/mol. The zero-order chi connectivity index (χ0) is 24.4. The molecule has 2 heterocycles. The molecule has 1 amide bonds. The van der Waals surface area contributed by atoms with Crippen LogP contribution in [0.4, 0.5) is 5.82 Å². The summed E-state index contributed by atoms with van der Waals surface area (Å²) >= 11 is 0. The molecule has 1 N–H and O–H groups in total. The van der Waals surface area contributed by atoms with E-state index in [2.05, 4.69) is 11.4 Å². The molecular weight excluding hydrogens is 434 g/mol. The number of fused-ring (bicyclic) bond motifs is 1. The maximum Gasteiger partial charge on any atom is 0.374 e. The molecule has 2 aromatic carbocycles. The highest BCUT2D eigenvalue weighted by Crippen LogP contribution is 2.29. The maximum absolute atomic E-state index is 12.6. The molecule has 8 nitrogen and oxygen atoms in total. The summed E-state index contributed by atoms with van der Waals surface area (Å²) in [6.45, 7) is 4.86. The fourth-order valence-electron chi connectivity index (χ4n) is 3.70. The van der Waals surface area contributed by atoms with E-state index in [0.29, 0.717) is 10.9 Å². The number of carbonyl (C=O) groups is 2. The molecule has 0 aliphatic rings. The third-order valence-corrected chi connectivity index (χ3v) is 5.52. The summed E-state index contributed by atoms with van der Waals surface area (Å²) < 4.78 is 12.3. The van der Waals surface area contributed by atoms with Crippen LogP contribution in [0, 0.1) is 32.1 Å². The minimum absolute atomic E-state index is 0.250. The zero-order valence-electron chi connectivity index (χ0n) is 18.8. The minimum atomic E-state index is -0.943. The van der Waals surface area contributed by atoms with E-state index >= 15 is 0 Å². The summed E-state index contributed by atoms with van der Waals surface area (Å²) in [7, 11) is 0. The second kappa shape index (κ2) is 9.08. The number of rotatable bonds is 5. The van der Waals surface area contributed by atoms with E-state index in [1.54, 1.807) is 29.7 Å². The quantitative estimate of drug-likeness (QED) is 0.452. The normalized spacial score (nSPS) is 10.6. The number of anilines is 1. The highest BCUT2D eigenvalue weighted by atomic mass is 16.5. The van der Waals surface area contributed by atoms with Gasteiger partial charge in [-0.3, -0.25) is 14.2 Å². The highest BCUT2D eigenvalue weighted by molar-refractivity contribution is 5.96. The van der Waals surface area contributed by atoms with Gasteiger partial charge in [0, 0.05) is 17.4 Å². The average molecular weight is 455 g/mol. The lowest BCUT2D eigenvalue weighted by Gasteiger charge is -2.13. The van der Waals surface area contributed by atoms with E-state index in [9.17, 15) is 19.6 Å². The minimum Gasteiger partial charge on any atom is -0.450 e. The average Bonchev–Trinajstić information content (AvgIpc) is 3.07. The Labute approximate surface area is 195 Å². The lowest BCUT2D eigenvalue weighted by molar-refractivity contribution is -0.119. The maximum atomic E-state index is 12.6. The molecule has 0 radical (unpaired) electrons. The van der Waals surface area contributed by atoms with Crippen molar-refractivity contribution in [2.75, 3.05) is 11.9 Å². The Bertz CT molecular complexity index is 1520. The molecule has 0 aliphatic heterocycles. The molecule has 2 aromatic heterocycles. The summed E-state index contributed by atoms with van der Waals surface area (Å²) in [5, 5.41) is 12.7. The van der Waals surface area contributed by atoms with Crippen LogP contribution in [0.2, 0.25) is 0 Å². The van der Waals surface area contributed by atoms with Crippen LogP contribution < -0.4 is 10.7 Å². The molecule has 0 unspecified atom stereocenters. The number of nitrogens with zero attached hydrogens (tertiary/aromatic N) is 2. The summed E-state index contributed by atoms with van der Waals surface area (Å²) in [6, 6.07) is 17.5. The Hall–Kier alpha value is -4.64. The van der Waals surface area contributed by atoms with Gasteiger partial charge in [-0.25, -0.2) is 4.79 Å². The third kappa shape index (κ3) is 4.19. The fraction of sp³-hybridized carbons (Fsp3) is 0.154. The van der Waals surface area contributed by atoms with E-state index in [1.807, 2.05) is 44.2 Å². The Balaban J connectivity index is 1.54. The van der Waals surface area contributed by atoms with Crippen LogP contribution >= 0.6 is 0 Å². The lowest BCUT2D eigenvalue weighted by atomic mass is 10.1. The molecule has 8 heteroatoms. The van der Waals surface area contributed by atoms with Crippen LogP contribution in [-0.4, -0.2) is 23.1 Å². The van der Waals surface area contributed by atoms with Crippen LogP contribution in [0.3, 0.4) is 0 Å². The van der Waals surface area contributed by atoms with Crippen molar-refractivity contribution >= 4 is 28.7 Å². The molecule has 4 aromatic rings. The summed E-state index contributed by atoms with van der Waals surface area (Å²) in [6.07, 6.45) is 0. The first-order valence-electron chi connectivity index (χ1n) is 10.5. The van der Waals surface area contributed by atoms with Gasteiger partial charge in [0.1, 0.15) is 17.5 Å². The standard InChI is InChI=1S/C26H21N3O5/c1-15-9-10-22-19(11-15)21(30)12-23(34-22)26(32)33-14-24(31)28-25-20(13-27)16(2)17(3)29(25)18-7-5-4-6-8-18/h4-12H,14H2,1-3H3,(H,28,31). The molecule has 0 atom stereocenters. The number of benzene rings is 2. The number of para-hydroxylation sites is 1. The molecule has 0 spiro atoms. The molecule has 34 heavy (non-hydrogen) atoms. The van der Waals surface area contributed by atoms with Crippen molar-refractivity contribution in [3.63, 3.8) is 0 Å². The number of hydrogen-bond acceptors (Lipinski definition) is 6. The lowest BCUT2D eigenvalue weighted by Crippen LogP contribution is -2.23. The van der Waals surface area contributed by atoms with Gasteiger partial charge in [-0.1, -0.05) is 29.8 Å². The summed E-state index contributed by atoms with van der Waals surface area (Å²) in [5.41, 5.74) is 3.36. The Kier molecular flexibility index (Phi) is 6.02. The van der Waals surface area contributed by atoms with Crippen molar-refractivity contribution in [2.24, 2.45) is 0 Å². The molecule has 0 saturated heterocycles. The molecule has 4 rings (SSSR count). The van der Waals surface area contributed by atoms with Crippen molar-refractivity contribution in [3.8, 4) is 11.8 Å². The topological polar surface area (TPSA) is 114 Å². The van der Waals surface area contributed by atoms with Gasteiger partial charge >= 0.3 is 5.97 Å². The van der Waals surface area contributed by atoms with Crippen LogP contribution in [0.1, 0.15) is 32.9 Å². The number of ether oxygens (including phenoxy) is 1. The smallest absolute Gasteiger partial charge is 0.374 e. The second-order valence-electron chi connectivity index (χ2n) is 7.82. The van der Waals surface area contributed by atoms with Crippen molar-refractivity contribution in [1.82, 2.24) is 4.57 Å². The van der Waals surface area contributed by atoms with Gasteiger partial charge in [0.2, 0.25) is 5.76 Å². The van der Waals surface area contributed by atoms with Crippen molar-refractivity contribution < 1.29 is 18.7 Å². The van der Waals surface area contributed by atoms with E-state index < -0.39 is 18.5 Å². The zero-order valence-corrected chi connectivity index (χ0v) is 18.8. The summed E-state index contributed by atoms with van der Waals surface area (Å²) in [4.78, 5) is 37.4. The Morgan fingerprint density at radius 3 is 2.53 bits per heavy atom. The number of carbonyl (C=O) groups excluding carboxylic acids is 2. The number of aromatic nitrogens is 1. The van der Waals surface area contributed by atoms with Crippen LogP contribution in [0.5, 0.6) is 0 Å². The van der Waals surface area contributed by atoms with Gasteiger partial charge in [0.15, 0.2) is 12.0 Å². The van der Waals surface area contributed by atoms with Gasteiger partial charge in [-0.15, -0.1) is 0 Å². The number of amides is 1. The number of esters is 1. The first kappa shape index (κ1) is 22.6. The van der Waals surface area contributed by atoms with Gasteiger partial charge in [0.05, 0.1) is 10.9 Å². The predicted octanol–water partition coefficient (Wildman–Crippen LogP) is 4.18. The van der Waals surface area contributed by atoms with Crippen LogP contribution in [-0.2, 0) is 9.53 Å². The van der Waals surface area contributed by atoms with Crippen molar-refractivity contribution in [1.29, 1.82) is 5.26 Å². The number of nitriles is 1. The highest BCUT2D eigenvalue weighted by Gasteiger charge is 2.22. The van der Waals surface area contributed by atoms with E-state index in [-0.39, 0.29) is 22.6 Å². The molecule has 170 valence electrons. The molecule has 0 aliphatic carbocycles. The third-order valence-electron chi connectivity index (χ3n) is 5.52. The molecule has 0 saturated carbocycles. The fourth-order valence-corrected chi connectivity index (χ4v) is 3.70. The van der Waals surface area contributed by atoms with Crippen LogP contribution in [0.15, 0.2) is 63.8 Å². The predicted molar refractivity (Wildman–Crippen MR) is 126 cm³/mol. The van der Waals surface area contributed by atoms with Crippen LogP contribution in [0.25, 0.3) is 16.7 Å². The van der Waals surface area contributed by atoms with Crippen molar-refractivity contribution in [3.05, 3.63) is 93.0 Å². The largest absolute Gasteiger partial charge is 0.450 e. The van der Waals surface area contributed by atoms with E-state index in [1.165, 1.54) is 0 Å². The van der Waals surface area contributed by atoms with Crippen molar-refractivity contribution in [2.45, 2.75) is 20.8 Å². The number of hydrogen-bond donors (Lipinski definition) is 1. The SMILES string of the molecule is Cc1ccc2oc(C(=O)OCC(=O)Nc3c(C#N)c(C)c(C)n3-c3ccccc3)cc(=O)c2c1. The summed E-state index contributed by atoms with van der Waals surface area (Å²) in [5.74, 6) is -1.59. The van der Waals surface area contributed by atoms with Gasteiger partial charge in [-0.2, -0.15) is 5.26 Å². The number of aryl methyl sites for hydroxylation is 1. The molecule has 0 bridgehead atoms. The van der Waals surface area contributed by atoms with Gasteiger partial charge in [-0.05, 0) is 50.6 Å². The van der Waals surface area contributed by atoms with E-state index in [4.69, 9.17) is 9.15 Å². The Morgan fingerprint density at radius 2 is 1.82 bits per heavy atom. The van der Waals surface area contributed by atoms with Gasteiger partial charge in [0.25, 0.3) is 5.91 Å². The first-order chi connectivity index (χ1) is 16.3. The molecule has 0 fully saturated rings. The molecular formula is C26H21N3O5. The van der Waals surface area contributed by atoms with Gasteiger partial charge < -0.3 is 14.5 Å². The second-order valence-corrected chi connectivity index (χ2v) is 7.82. The first-order valence-corrected chi connectivity index (χ1v) is 10.5. The Morgan fingerprint density at radius 1 is 1.09 bits per heavy atom.